The molecule has 0 aliphatic heterocycles. The maximum atomic E-state index is 14.0. The standard InChI is InChI=1S/C18H14F17NO/c1-36(2)9-5-3-8(4-6-9)10(37)7-11(19,20)12(21,22)13(23,24)14(25,26)15(27,28)16(29,30)17(31,32)18(33,34)35/h3-6,10,37H,7H2,1-2H3. The summed E-state index contributed by atoms with van der Waals surface area (Å²) in [5, 5.41) is 9.65. The van der Waals surface area contributed by atoms with Gasteiger partial charge in [-0.3, -0.25) is 0 Å². The SMILES string of the molecule is CN(C)c1ccc(C(O)CC(F)(F)C(F)(F)C(F)(F)C(F)(F)C(F)(F)C(F)(F)C(F)(F)C(F)(F)F)cc1. The van der Waals surface area contributed by atoms with E-state index in [9.17, 15) is 79.7 Å². The fraction of sp³-hybridized carbons (Fsp3) is 0.667. The van der Waals surface area contributed by atoms with Crippen molar-refractivity contribution in [3.8, 4) is 0 Å². The Bertz CT molecular complexity index is 937. The first-order chi connectivity index (χ1) is 16.0. The molecule has 37 heavy (non-hydrogen) atoms. The second-order valence-electron chi connectivity index (χ2n) is 7.85. The van der Waals surface area contributed by atoms with E-state index in [1.165, 1.54) is 19.0 Å². The van der Waals surface area contributed by atoms with Gasteiger partial charge in [0.15, 0.2) is 0 Å². The van der Waals surface area contributed by atoms with Crippen LogP contribution in [0.3, 0.4) is 0 Å². The molecular weight excluding hydrogens is 569 g/mol. The Morgan fingerprint density at radius 1 is 0.568 bits per heavy atom. The molecule has 0 saturated heterocycles. The fourth-order valence-electron chi connectivity index (χ4n) is 2.68. The Morgan fingerprint density at radius 3 is 1.22 bits per heavy atom. The van der Waals surface area contributed by atoms with Crippen molar-refractivity contribution in [2.45, 2.75) is 60.2 Å². The van der Waals surface area contributed by atoms with Crippen molar-refractivity contribution in [2.75, 3.05) is 19.0 Å². The summed E-state index contributed by atoms with van der Waals surface area (Å²) in [4.78, 5) is 1.39. The molecule has 1 aromatic rings. The lowest BCUT2D eigenvalue weighted by atomic mass is 9.87. The molecule has 19 heteroatoms. The smallest absolute Gasteiger partial charge is 0.388 e. The van der Waals surface area contributed by atoms with Crippen molar-refractivity contribution in [3.05, 3.63) is 29.8 Å². The molecule has 1 rings (SSSR count). The Labute approximate surface area is 195 Å². The van der Waals surface area contributed by atoms with Crippen LogP contribution >= 0.6 is 0 Å². The van der Waals surface area contributed by atoms with Crippen LogP contribution in [0.1, 0.15) is 18.1 Å². The van der Waals surface area contributed by atoms with Crippen molar-refractivity contribution >= 4 is 5.69 Å². The van der Waals surface area contributed by atoms with E-state index in [1.807, 2.05) is 0 Å². The number of aliphatic hydroxyl groups is 1. The number of halogens is 17. The molecule has 2 nitrogen and oxygen atoms in total. The maximum Gasteiger partial charge on any atom is 0.460 e. The van der Waals surface area contributed by atoms with Crippen LogP contribution in [0.15, 0.2) is 24.3 Å². The summed E-state index contributed by atoms with van der Waals surface area (Å²) in [5.74, 6) is -56.9. The van der Waals surface area contributed by atoms with Crippen molar-refractivity contribution < 1.29 is 79.7 Å². The van der Waals surface area contributed by atoms with Gasteiger partial charge in [0, 0.05) is 26.2 Å². The molecule has 0 spiro atoms. The molecule has 0 amide bonds. The molecule has 1 N–H and O–H groups in total. The highest BCUT2D eigenvalue weighted by atomic mass is 19.4. The van der Waals surface area contributed by atoms with Crippen LogP contribution in [-0.2, 0) is 0 Å². The van der Waals surface area contributed by atoms with E-state index < -0.39 is 65.7 Å². The number of nitrogens with zero attached hydrogens (tertiary/aromatic N) is 1. The first-order valence-electron chi connectivity index (χ1n) is 9.21. The molecule has 0 radical (unpaired) electrons. The van der Waals surface area contributed by atoms with Gasteiger partial charge in [-0.2, -0.15) is 74.6 Å². The van der Waals surface area contributed by atoms with Crippen molar-refractivity contribution in [1.82, 2.24) is 0 Å². The zero-order valence-corrected chi connectivity index (χ0v) is 17.9. The summed E-state index contributed by atoms with van der Waals surface area (Å²) >= 11 is 0. The highest BCUT2D eigenvalue weighted by Crippen LogP contribution is 2.64. The molecule has 1 unspecified atom stereocenters. The van der Waals surface area contributed by atoms with Crippen molar-refractivity contribution in [2.24, 2.45) is 0 Å². The molecule has 0 aliphatic carbocycles. The van der Waals surface area contributed by atoms with Crippen LogP contribution in [-0.4, -0.2) is 66.8 Å². The highest BCUT2D eigenvalue weighted by Gasteiger charge is 2.95. The summed E-state index contributed by atoms with van der Waals surface area (Å²) in [5.41, 5.74) is -0.434. The summed E-state index contributed by atoms with van der Waals surface area (Å²) in [6.45, 7) is 0. The Hall–Kier alpha value is -2.21. The molecular formula is C18H14F17NO. The molecule has 1 aromatic carbocycles. The molecule has 0 bridgehead atoms. The molecule has 0 fully saturated rings. The molecule has 0 saturated carbocycles. The predicted octanol–water partition coefficient (Wildman–Crippen LogP) is 7.19. The van der Waals surface area contributed by atoms with E-state index in [0.717, 1.165) is 24.3 Å². The first-order valence-corrected chi connectivity index (χ1v) is 9.21. The monoisotopic (exact) mass is 583 g/mol. The number of anilines is 1. The van der Waals surface area contributed by atoms with Crippen LogP contribution in [0.25, 0.3) is 0 Å². The van der Waals surface area contributed by atoms with Crippen LogP contribution in [0.5, 0.6) is 0 Å². The van der Waals surface area contributed by atoms with E-state index in [2.05, 4.69) is 0 Å². The van der Waals surface area contributed by atoms with Gasteiger partial charge in [-0.05, 0) is 17.7 Å². The summed E-state index contributed by atoms with van der Waals surface area (Å²) in [6, 6.07) is 3.63. The number of benzene rings is 1. The van der Waals surface area contributed by atoms with E-state index in [0.29, 0.717) is 5.69 Å². The van der Waals surface area contributed by atoms with Gasteiger partial charge in [0.25, 0.3) is 0 Å². The topological polar surface area (TPSA) is 23.5 Å². The molecule has 0 heterocycles. The maximum absolute atomic E-state index is 14.0. The van der Waals surface area contributed by atoms with Gasteiger partial charge >= 0.3 is 47.6 Å². The Balaban J connectivity index is 3.49. The zero-order valence-electron chi connectivity index (χ0n) is 17.9. The molecule has 0 aromatic heterocycles. The van der Waals surface area contributed by atoms with Gasteiger partial charge in [0.05, 0.1) is 6.10 Å². The quantitative estimate of drug-likeness (QED) is 0.295. The van der Waals surface area contributed by atoms with Crippen molar-refractivity contribution in [1.29, 1.82) is 0 Å². The second kappa shape index (κ2) is 9.21. The van der Waals surface area contributed by atoms with Crippen LogP contribution < -0.4 is 4.90 Å². The number of hydrogen-bond donors (Lipinski definition) is 1. The first kappa shape index (κ1) is 32.8. The van der Waals surface area contributed by atoms with Gasteiger partial charge in [-0.1, -0.05) is 12.1 Å². The van der Waals surface area contributed by atoms with E-state index in [4.69, 9.17) is 0 Å². The normalized spacial score (nSPS) is 16.1. The summed E-state index contributed by atoms with van der Waals surface area (Å²) < 4.78 is 226. The van der Waals surface area contributed by atoms with Gasteiger partial charge in [0.1, 0.15) is 0 Å². The molecule has 1 atom stereocenters. The third-order valence-corrected chi connectivity index (χ3v) is 5.03. The summed E-state index contributed by atoms with van der Waals surface area (Å²) in [7, 11) is 2.90. The number of hydrogen-bond acceptors (Lipinski definition) is 2. The number of alkyl halides is 17. The summed E-state index contributed by atoms with van der Waals surface area (Å²) in [6.07, 6.45) is -13.6. The van der Waals surface area contributed by atoms with Crippen LogP contribution in [0.2, 0.25) is 0 Å². The van der Waals surface area contributed by atoms with Crippen molar-refractivity contribution in [3.63, 3.8) is 0 Å². The minimum absolute atomic E-state index is 0.304. The molecule has 0 aliphatic rings. The van der Waals surface area contributed by atoms with Crippen LogP contribution in [0.4, 0.5) is 80.3 Å². The predicted molar refractivity (Wildman–Crippen MR) is 91.0 cm³/mol. The highest BCUT2D eigenvalue weighted by molar-refractivity contribution is 5.46. The Morgan fingerprint density at radius 2 is 0.892 bits per heavy atom. The second-order valence-corrected chi connectivity index (χ2v) is 7.85. The largest absolute Gasteiger partial charge is 0.460 e. The third-order valence-electron chi connectivity index (χ3n) is 5.03. The van der Waals surface area contributed by atoms with Gasteiger partial charge in [-0.15, -0.1) is 0 Å². The molecule has 216 valence electrons. The lowest BCUT2D eigenvalue weighted by molar-refractivity contribution is -0.462. The lowest BCUT2D eigenvalue weighted by Crippen LogP contribution is -2.74. The minimum atomic E-state index is -8.68. The van der Waals surface area contributed by atoms with Crippen LogP contribution in [0, 0.1) is 0 Å². The average Bonchev–Trinajstić information content (AvgIpc) is 2.71. The number of aliphatic hydroxyl groups excluding tert-OH is 1. The van der Waals surface area contributed by atoms with E-state index >= 15 is 0 Å². The minimum Gasteiger partial charge on any atom is -0.388 e. The van der Waals surface area contributed by atoms with Gasteiger partial charge < -0.3 is 10.0 Å². The lowest BCUT2D eigenvalue weighted by Gasteiger charge is -2.43. The van der Waals surface area contributed by atoms with Gasteiger partial charge in [0.2, 0.25) is 0 Å². The average molecular weight is 583 g/mol. The fourth-order valence-corrected chi connectivity index (χ4v) is 2.68. The Kier molecular flexibility index (Phi) is 8.17. The zero-order chi connectivity index (χ0) is 29.8. The van der Waals surface area contributed by atoms with Gasteiger partial charge in [-0.25, -0.2) is 0 Å². The van der Waals surface area contributed by atoms with E-state index in [-0.39, 0.29) is 0 Å². The third kappa shape index (κ3) is 4.86. The number of rotatable bonds is 10. The van der Waals surface area contributed by atoms with E-state index in [1.54, 1.807) is 0 Å².